The lowest BCUT2D eigenvalue weighted by molar-refractivity contribution is -0.386. The first kappa shape index (κ1) is 18.4. The third-order valence-electron chi connectivity index (χ3n) is 4.70. The fourth-order valence-electron chi connectivity index (χ4n) is 3.56. The van der Waals surface area contributed by atoms with E-state index in [-0.39, 0.29) is 5.69 Å². The lowest BCUT2D eigenvalue weighted by atomic mass is 9.87. The molecule has 1 unspecified atom stereocenters. The van der Waals surface area contributed by atoms with E-state index in [1.54, 1.807) is 18.2 Å². The molecule has 1 N–H and O–H groups in total. The van der Waals surface area contributed by atoms with Gasteiger partial charge in [-0.3, -0.25) is 19.8 Å². The van der Waals surface area contributed by atoms with Gasteiger partial charge in [0.2, 0.25) is 0 Å². The number of hydrogen-bond donors (Lipinski definition) is 1. The molecule has 1 saturated heterocycles. The predicted octanol–water partition coefficient (Wildman–Crippen LogP) is 3.72. The summed E-state index contributed by atoms with van der Waals surface area (Å²) in [5, 5.41) is 17.3. The van der Waals surface area contributed by atoms with Crippen molar-refractivity contribution in [3.05, 3.63) is 86.3 Å². The number of urea groups is 1. The highest BCUT2D eigenvalue weighted by Gasteiger charge is 2.44. The number of nitro benzene ring substituents is 1. The van der Waals surface area contributed by atoms with E-state index >= 15 is 0 Å². The first-order valence-corrected chi connectivity index (χ1v) is 8.41. The summed E-state index contributed by atoms with van der Waals surface area (Å²) in [6.07, 6.45) is 0.470. The summed E-state index contributed by atoms with van der Waals surface area (Å²) in [5.41, 5.74) is 8.99. The number of nitro groups is 1. The molecule has 138 valence electrons. The summed E-state index contributed by atoms with van der Waals surface area (Å²) in [4.78, 5) is 27.7. The number of amides is 2. The Balaban J connectivity index is 1.94. The maximum Gasteiger partial charge on any atom is 0.308 e. The van der Waals surface area contributed by atoms with Crippen LogP contribution in [-0.2, 0) is 12.1 Å². The van der Waals surface area contributed by atoms with E-state index in [2.05, 4.69) is 20.2 Å². The molecule has 2 amide bonds. The van der Waals surface area contributed by atoms with Crippen LogP contribution in [0.25, 0.3) is 10.4 Å². The van der Waals surface area contributed by atoms with Crippen molar-refractivity contribution in [2.45, 2.75) is 18.5 Å². The maximum absolute atomic E-state index is 12.0. The number of azide groups is 1. The zero-order valence-electron chi connectivity index (χ0n) is 14.5. The quantitative estimate of drug-likeness (QED) is 0.285. The Kier molecular flexibility index (Phi) is 5.35. The van der Waals surface area contributed by atoms with Crippen LogP contribution in [0, 0.1) is 10.1 Å². The molecule has 2 aromatic rings. The van der Waals surface area contributed by atoms with Gasteiger partial charge in [-0.25, -0.2) is 0 Å². The monoisotopic (exact) mass is 366 g/mol. The van der Waals surface area contributed by atoms with Gasteiger partial charge in [-0.2, -0.15) is 0 Å². The Morgan fingerprint density at radius 1 is 1.26 bits per heavy atom. The van der Waals surface area contributed by atoms with Crippen LogP contribution in [0.2, 0.25) is 0 Å². The molecule has 0 aliphatic carbocycles. The van der Waals surface area contributed by atoms with Crippen LogP contribution in [0.4, 0.5) is 10.5 Å². The number of carbonyl (C=O) groups excluding carboxylic acids is 1. The highest BCUT2D eigenvalue weighted by molar-refractivity contribution is 5.76. The van der Waals surface area contributed by atoms with E-state index in [1.807, 2.05) is 30.3 Å². The van der Waals surface area contributed by atoms with Gasteiger partial charge >= 0.3 is 6.03 Å². The Bertz CT molecular complexity index is 897. The topological polar surface area (TPSA) is 124 Å². The molecule has 0 saturated carbocycles. The molecule has 1 aliphatic rings. The number of likely N-dealkylation sites (tertiary alicyclic amines) is 1. The van der Waals surface area contributed by atoms with Crippen LogP contribution in [0.1, 0.15) is 17.5 Å². The van der Waals surface area contributed by atoms with Crippen molar-refractivity contribution < 1.29 is 9.72 Å². The molecule has 0 radical (unpaired) electrons. The highest BCUT2D eigenvalue weighted by atomic mass is 16.6. The summed E-state index contributed by atoms with van der Waals surface area (Å²) >= 11 is 0. The fraction of sp³-hybridized carbons (Fsp3) is 0.278. The van der Waals surface area contributed by atoms with Crippen LogP contribution in [0.3, 0.4) is 0 Å². The number of nitrogens with zero attached hydrogens (tertiary/aromatic N) is 5. The molecule has 1 aliphatic heterocycles. The zero-order valence-corrected chi connectivity index (χ0v) is 14.5. The average Bonchev–Trinajstić information content (AvgIpc) is 3.06. The van der Waals surface area contributed by atoms with Crippen molar-refractivity contribution in [2.75, 3.05) is 13.1 Å². The van der Waals surface area contributed by atoms with Gasteiger partial charge < -0.3 is 5.32 Å². The molecule has 0 aromatic heterocycles. The summed E-state index contributed by atoms with van der Waals surface area (Å²) < 4.78 is 0. The second-order valence-electron chi connectivity index (χ2n) is 6.42. The van der Waals surface area contributed by atoms with Crippen molar-refractivity contribution in [1.82, 2.24) is 10.2 Å². The van der Waals surface area contributed by atoms with E-state index in [4.69, 9.17) is 5.53 Å². The third kappa shape index (κ3) is 4.05. The van der Waals surface area contributed by atoms with Gasteiger partial charge in [-0.1, -0.05) is 42.5 Å². The van der Waals surface area contributed by atoms with Gasteiger partial charge in [-0.15, -0.1) is 0 Å². The molecular formula is C18H18N6O3. The zero-order chi connectivity index (χ0) is 19.3. The minimum Gasteiger partial charge on any atom is -0.339 e. The summed E-state index contributed by atoms with van der Waals surface area (Å²) in [7, 11) is 0. The van der Waals surface area contributed by atoms with Crippen LogP contribution in [0.15, 0.2) is 59.7 Å². The van der Waals surface area contributed by atoms with E-state index in [0.717, 1.165) is 5.56 Å². The summed E-state index contributed by atoms with van der Waals surface area (Å²) in [5.74, 6) is 0. The van der Waals surface area contributed by atoms with Gasteiger partial charge in [0.15, 0.2) is 0 Å². The molecule has 9 nitrogen and oxygen atoms in total. The molecule has 27 heavy (non-hydrogen) atoms. The lowest BCUT2D eigenvalue weighted by Crippen LogP contribution is -2.47. The van der Waals surface area contributed by atoms with Crippen LogP contribution in [-0.4, -0.2) is 28.9 Å². The molecule has 1 atom stereocenters. The second kappa shape index (κ2) is 7.86. The average molecular weight is 366 g/mol. The van der Waals surface area contributed by atoms with E-state index in [0.29, 0.717) is 31.6 Å². The summed E-state index contributed by atoms with van der Waals surface area (Å²) in [6.45, 7) is 1.66. The number of rotatable bonds is 5. The van der Waals surface area contributed by atoms with Gasteiger partial charge in [0.05, 0.1) is 16.0 Å². The van der Waals surface area contributed by atoms with Gasteiger partial charge in [-0.05, 0) is 23.6 Å². The molecule has 0 spiro atoms. The van der Waals surface area contributed by atoms with Gasteiger partial charge in [0, 0.05) is 35.7 Å². The minimum atomic E-state index is -0.996. The van der Waals surface area contributed by atoms with Crippen molar-refractivity contribution in [1.29, 1.82) is 0 Å². The SMILES string of the molecule is [N-]=[N+]=NC(=O)NC1(c2ccccc2[N+](=O)[O-])CCN(Cc2ccccc2)C1. The molecule has 1 heterocycles. The molecule has 1 fully saturated rings. The Morgan fingerprint density at radius 3 is 2.67 bits per heavy atom. The van der Waals surface area contributed by atoms with Crippen LogP contribution < -0.4 is 5.32 Å². The largest absolute Gasteiger partial charge is 0.339 e. The molecular weight excluding hydrogens is 348 g/mol. The first-order chi connectivity index (χ1) is 13.0. The number of benzene rings is 2. The molecule has 2 aromatic carbocycles. The molecule has 3 rings (SSSR count). The fourth-order valence-corrected chi connectivity index (χ4v) is 3.56. The van der Waals surface area contributed by atoms with Crippen molar-refractivity contribution in [3.63, 3.8) is 0 Å². The lowest BCUT2D eigenvalue weighted by Gasteiger charge is -2.30. The van der Waals surface area contributed by atoms with E-state index < -0.39 is 16.5 Å². The van der Waals surface area contributed by atoms with E-state index in [9.17, 15) is 14.9 Å². The normalized spacial score (nSPS) is 19.3. The smallest absolute Gasteiger partial charge is 0.308 e. The molecule has 9 heteroatoms. The molecule has 0 bridgehead atoms. The van der Waals surface area contributed by atoms with Crippen molar-refractivity contribution in [3.8, 4) is 0 Å². The number of nitrogens with one attached hydrogen (secondary N) is 1. The van der Waals surface area contributed by atoms with Crippen molar-refractivity contribution >= 4 is 11.7 Å². The second-order valence-corrected chi connectivity index (χ2v) is 6.42. The number of para-hydroxylation sites is 1. The maximum atomic E-state index is 12.0. The highest BCUT2D eigenvalue weighted by Crippen LogP contribution is 2.38. The third-order valence-corrected chi connectivity index (χ3v) is 4.70. The van der Waals surface area contributed by atoms with Gasteiger partial charge in [0.1, 0.15) is 0 Å². The first-order valence-electron chi connectivity index (χ1n) is 8.41. The predicted molar refractivity (Wildman–Crippen MR) is 98.8 cm³/mol. The summed E-state index contributed by atoms with van der Waals surface area (Å²) in [6, 6.07) is 15.3. The van der Waals surface area contributed by atoms with Crippen LogP contribution in [0.5, 0.6) is 0 Å². The Hall–Kier alpha value is -3.42. The van der Waals surface area contributed by atoms with Gasteiger partial charge in [0.25, 0.3) is 5.69 Å². The minimum absolute atomic E-state index is 0.0692. The number of carbonyl (C=O) groups is 1. The Morgan fingerprint density at radius 2 is 1.96 bits per heavy atom. The number of hydrogen-bond acceptors (Lipinski definition) is 4. The Labute approximate surface area is 155 Å². The van der Waals surface area contributed by atoms with E-state index in [1.165, 1.54) is 6.07 Å². The van der Waals surface area contributed by atoms with Crippen molar-refractivity contribution in [2.24, 2.45) is 5.11 Å². The van der Waals surface area contributed by atoms with Crippen LogP contribution >= 0.6 is 0 Å². The standard InChI is InChI=1S/C18H18N6O3/c19-22-21-17(25)20-18(15-8-4-5-9-16(15)24(26)27)10-11-23(13-18)12-14-6-2-1-3-7-14/h1-9H,10-13H2,(H,20,25).